The van der Waals surface area contributed by atoms with Gasteiger partial charge in [0.15, 0.2) is 0 Å². The number of fused-ring (bicyclic) bond motifs is 1. The van der Waals surface area contributed by atoms with E-state index in [9.17, 15) is 4.79 Å². The number of anilines is 1. The summed E-state index contributed by atoms with van der Waals surface area (Å²) in [7, 11) is 0. The van der Waals surface area contributed by atoms with Crippen LogP contribution in [0.1, 0.15) is 31.3 Å². The van der Waals surface area contributed by atoms with Crippen molar-refractivity contribution in [2.75, 3.05) is 5.43 Å². The number of nitrogens with two attached hydrogens (primary N) is 1. The molecule has 5 nitrogen and oxygen atoms in total. The van der Waals surface area contributed by atoms with E-state index in [-0.39, 0.29) is 11.4 Å². The third kappa shape index (κ3) is 3.00. The molecule has 0 aliphatic rings. The molecule has 0 spiro atoms. The number of amides is 1. The summed E-state index contributed by atoms with van der Waals surface area (Å²) >= 11 is 0. The fourth-order valence-corrected chi connectivity index (χ4v) is 1.82. The molecule has 1 amide bonds. The standard InChI is InChI=1S/C14H18N4O/c1-14(2,3)17-13(19)12-8-11(18-15)9-6-4-5-7-10(9)16-12/h4-8H,15H2,1-3H3,(H,16,18)(H,17,19). The van der Waals surface area contributed by atoms with Crippen LogP contribution < -0.4 is 16.6 Å². The van der Waals surface area contributed by atoms with Gasteiger partial charge in [0.1, 0.15) is 5.69 Å². The third-order valence-corrected chi connectivity index (χ3v) is 2.59. The van der Waals surface area contributed by atoms with Crippen molar-refractivity contribution in [3.8, 4) is 0 Å². The number of nitrogens with one attached hydrogen (secondary N) is 2. The summed E-state index contributed by atoms with van der Waals surface area (Å²) in [5.41, 5.74) is 4.07. The topological polar surface area (TPSA) is 80.0 Å². The van der Waals surface area contributed by atoms with Crippen molar-refractivity contribution >= 4 is 22.5 Å². The van der Waals surface area contributed by atoms with Crippen LogP contribution in [0.5, 0.6) is 0 Å². The van der Waals surface area contributed by atoms with Crippen LogP contribution in [0, 0.1) is 0 Å². The predicted molar refractivity (Wildman–Crippen MR) is 76.8 cm³/mol. The Balaban J connectivity index is 2.47. The molecule has 2 rings (SSSR count). The summed E-state index contributed by atoms with van der Waals surface area (Å²) in [6, 6.07) is 9.19. The molecule has 1 heterocycles. The highest BCUT2D eigenvalue weighted by Crippen LogP contribution is 2.22. The van der Waals surface area contributed by atoms with Gasteiger partial charge < -0.3 is 10.7 Å². The van der Waals surface area contributed by atoms with Crippen LogP contribution in [0.2, 0.25) is 0 Å². The number of aromatic nitrogens is 1. The predicted octanol–water partition coefficient (Wildman–Crippen LogP) is 2.05. The van der Waals surface area contributed by atoms with E-state index in [1.165, 1.54) is 0 Å². The molecule has 1 aromatic heterocycles. The van der Waals surface area contributed by atoms with Gasteiger partial charge in [-0.2, -0.15) is 0 Å². The number of hydrazine groups is 1. The molecule has 19 heavy (non-hydrogen) atoms. The normalized spacial score (nSPS) is 11.4. The van der Waals surface area contributed by atoms with E-state index in [1.54, 1.807) is 6.07 Å². The van der Waals surface area contributed by atoms with Crippen LogP contribution in [0.15, 0.2) is 30.3 Å². The number of pyridine rings is 1. The van der Waals surface area contributed by atoms with Crippen molar-refractivity contribution in [1.82, 2.24) is 10.3 Å². The molecule has 4 N–H and O–H groups in total. The highest BCUT2D eigenvalue weighted by atomic mass is 16.2. The lowest BCUT2D eigenvalue weighted by molar-refractivity contribution is 0.0915. The Bertz CT molecular complexity index is 616. The van der Waals surface area contributed by atoms with Crippen molar-refractivity contribution in [2.24, 2.45) is 5.84 Å². The molecule has 0 fully saturated rings. The zero-order valence-corrected chi connectivity index (χ0v) is 11.3. The van der Waals surface area contributed by atoms with Gasteiger partial charge in [0.05, 0.1) is 11.2 Å². The van der Waals surface area contributed by atoms with Gasteiger partial charge in [-0.1, -0.05) is 18.2 Å². The van der Waals surface area contributed by atoms with Crippen LogP contribution in [0.25, 0.3) is 10.9 Å². The number of carbonyl (C=O) groups is 1. The maximum Gasteiger partial charge on any atom is 0.270 e. The lowest BCUT2D eigenvalue weighted by Crippen LogP contribution is -2.41. The summed E-state index contributed by atoms with van der Waals surface area (Å²) in [5.74, 6) is 5.29. The molecular formula is C14H18N4O. The van der Waals surface area contributed by atoms with E-state index in [4.69, 9.17) is 5.84 Å². The summed E-state index contributed by atoms with van der Waals surface area (Å²) in [6.07, 6.45) is 0. The molecule has 0 unspecified atom stereocenters. The minimum Gasteiger partial charge on any atom is -0.346 e. The molecule has 0 atom stereocenters. The Hall–Kier alpha value is -2.14. The quantitative estimate of drug-likeness (QED) is 0.569. The SMILES string of the molecule is CC(C)(C)NC(=O)c1cc(NN)c2ccccc2n1. The monoisotopic (exact) mass is 258 g/mol. The van der Waals surface area contributed by atoms with Gasteiger partial charge in [0, 0.05) is 10.9 Å². The molecule has 0 bridgehead atoms. The fourth-order valence-electron chi connectivity index (χ4n) is 1.82. The van der Waals surface area contributed by atoms with Crippen LogP contribution in [0.4, 0.5) is 5.69 Å². The van der Waals surface area contributed by atoms with Gasteiger partial charge in [-0.15, -0.1) is 0 Å². The van der Waals surface area contributed by atoms with Gasteiger partial charge in [-0.3, -0.25) is 10.6 Å². The smallest absolute Gasteiger partial charge is 0.270 e. The van der Waals surface area contributed by atoms with E-state index in [0.717, 1.165) is 10.9 Å². The average molecular weight is 258 g/mol. The number of rotatable bonds is 2. The lowest BCUT2D eigenvalue weighted by atomic mass is 10.1. The number of nitrogen functional groups attached to an aromatic ring is 1. The maximum atomic E-state index is 12.1. The van der Waals surface area contributed by atoms with E-state index in [1.807, 2.05) is 45.0 Å². The lowest BCUT2D eigenvalue weighted by Gasteiger charge is -2.20. The molecule has 5 heteroatoms. The number of hydrogen-bond donors (Lipinski definition) is 3. The van der Waals surface area contributed by atoms with E-state index >= 15 is 0 Å². The van der Waals surface area contributed by atoms with E-state index < -0.39 is 0 Å². The Morgan fingerprint density at radius 2 is 1.95 bits per heavy atom. The second-order valence-corrected chi connectivity index (χ2v) is 5.42. The second kappa shape index (κ2) is 4.85. The first-order valence-electron chi connectivity index (χ1n) is 6.09. The number of benzene rings is 1. The zero-order valence-electron chi connectivity index (χ0n) is 11.3. The van der Waals surface area contributed by atoms with Gasteiger partial charge in [0.2, 0.25) is 0 Å². The third-order valence-electron chi connectivity index (χ3n) is 2.59. The number of para-hydroxylation sites is 1. The van der Waals surface area contributed by atoms with Crippen LogP contribution in [0.3, 0.4) is 0 Å². The summed E-state index contributed by atoms with van der Waals surface area (Å²) in [4.78, 5) is 16.5. The first-order chi connectivity index (χ1) is 8.90. The Morgan fingerprint density at radius 1 is 1.26 bits per heavy atom. The van der Waals surface area contributed by atoms with Gasteiger partial charge >= 0.3 is 0 Å². The number of hydrogen-bond acceptors (Lipinski definition) is 4. The Kier molecular flexibility index (Phi) is 3.40. The largest absolute Gasteiger partial charge is 0.346 e. The van der Waals surface area contributed by atoms with Gasteiger partial charge in [-0.25, -0.2) is 4.98 Å². The summed E-state index contributed by atoms with van der Waals surface area (Å²) < 4.78 is 0. The molecule has 0 aliphatic carbocycles. The van der Waals surface area contributed by atoms with E-state index in [0.29, 0.717) is 11.4 Å². The highest BCUT2D eigenvalue weighted by Gasteiger charge is 2.17. The summed E-state index contributed by atoms with van der Waals surface area (Å²) in [5, 5.41) is 3.77. The number of nitrogens with zero attached hydrogens (tertiary/aromatic N) is 1. The fraction of sp³-hybridized carbons (Fsp3) is 0.286. The molecule has 1 aromatic carbocycles. The van der Waals surface area contributed by atoms with Gasteiger partial charge in [0.25, 0.3) is 5.91 Å². The highest BCUT2D eigenvalue weighted by molar-refractivity contribution is 5.99. The zero-order chi connectivity index (χ0) is 14.0. The van der Waals surface area contributed by atoms with Crippen LogP contribution in [-0.4, -0.2) is 16.4 Å². The van der Waals surface area contributed by atoms with Crippen molar-refractivity contribution in [3.05, 3.63) is 36.0 Å². The minimum absolute atomic E-state index is 0.213. The van der Waals surface area contributed by atoms with Crippen molar-refractivity contribution in [3.63, 3.8) is 0 Å². The molecule has 0 radical (unpaired) electrons. The molecule has 0 aliphatic heterocycles. The van der Waals surface area contributed by atoms with Gasteiger partial charge in [-0.05, 0) is 32.9 Å². The molecule has 0 saturated carbocycles. The van der Waals surface area contributed by atoms with Crippen molar-refractivity contribution in [2.45, 2.75) is 26.3 Å². The maximum absolute atomic E-state index is 12.1. The van der Waals surface area contributed by atoms with Crippen LogP contribution >= 0.6 is 0 Å². The molecule has 2 aromatic rings. The molecule has 100 valence electrons. The Labute approximate surface area is 112 Å². The van der Waals surface area contributed by atoms with Crippen molar-refractivity contribution < 1.29 is 4.79 Å². The molecule has 0 saturated heterocycles. The van der Waals surface area contributed by atoms with E-state index in [2.05, 4.69) is 15.7 Å². The average Bonchev–Trinajstić information content (AvgIpc) is 2.35. The number of carbonyl (C=O) groups excluding carboxylic acids is 1. The van der Waals surface area contributed by atoms with Crippen LogP contribution in [-0.2, 0) is 0 Å². The Morgan fingerprint density at radius 3 is 2.58 bits per heavy atom. The minimum atomic E-state index is -0.305. The van der Waals surface area contributed by atoms with Crippen molar-refractivity contribution in [1.29, 1.82) is 0 Å². The summed E-state index contributed by atoms with van der Waals surface area (Å²) in [6.45, 7) is 5.77. The molecular weight excluding hydrogens is 240 g/mol. The first-order valence-corrected chi connectivity index (χ1v) is 6.09. The first kappa shape index (κ1) is 13.3. The second-order valence-electron chi connectivity index (χ2n) is 5.42.